The lowest BCUT2D eigenvalue weighted by Gasteiger charge is -2.00. The Labute approximate surface area is 76.4 Å². The molecule has 0 amide bonds. The maximum absolute atomic E-state index is 12.7. The van der Waals surface area contributed by atoms with Gasteiger partial charge in [-0.3, -0.25) is 0 Å². The SMILES string of the molecule is O=S(=O)(Cl)c1c(F)ccc(F)c1F. The van der Waals surface area contributed by atoms with Crippen molar-refractivity contribution in [1.29, 1.82) is 0 Å². The van der Waals surface area contributed by atoms with Gasteiger partial charge in [-0.2, -0.15) is 0 Å². The van der Waals surface area contributed by atoms with Crippen molar-refractivity contribution in [3.05, 3.63) is 29.6 Å². The van der Waals surface area contributed by atoms with Crippen LogP contribution in [0.1, 0.15) is 0 Å². The van der Waals surface area contributed by atoms with E-state index in [2.05, 4.69) is 10.7 Å². The summed E-state index contributed by atoms with van der Waals surface area (Å²) < 4.78 is 58.9. The molecule has 0 bridgehead atoms. The number of halogens is 4. The van der Waals surface area contributed by atoms with Gasteiger partial charge in [-0.1, -0.05) is 0 Å². The molecule has 0 N–H and O–H groups in total. The molecule has 0 unspecified atom stereocenters. The van der Waals surface area contributed by atoms with Crippen molar-refractivity contribution < 1.29 is 21.6 Å². The van der Waals surface area contributed by atoms with E-state index in [1.54, 1.807) is 0 Å². The first-order valence-corrected chi connectivity index (χ1v) is 5.23. The summed E-state index contributed by atoms with van der Waals surface area (Å²) >= 11 is 0. The summed E-state index contributed by atoms with van der Waals surface area (Å²) in [5.41, 5.74) is 0. The molecule has 72 valence electrons. The molecule has 0 aromatic heterocycles. The van der Waals surface area contributed by atoms with Crippen molar-refractivity contribution in [2.24, 2.45) is 0 Å². The summed E-state index contributed by atoms with van der Waals surface area (Å²) in [5.74, 6) is -4.70. The van der Waals surface area contributed by atoms with Gasteiger partial charge in [0, 0.05) is 10.7 Å². The Bertz CT molecular complexity index is 443. The van der Waals surface area contributed by atoms with Gasteiger partial charge in [-0.15, -0.1) is 0 Å². The molecule has 0 saturated heterocycles. The molecular formula is C6H2ClF3O2S. The smallest absolute Gasteiger partial charge is 0.207 e. The second kappa shape index (κ2) is 3.19. The number of hydrogen-bond donors (Lipinski definition) is 0. The molecule has 0 atom stereocenters. The highest BCUT2D eigenvalue weighted by Crippen LogP contribution is 2.23. The summed E-state index contributed by atoms with van der Waals surface area (Å²) in [6.45, 7) is 0. The third kappa shape index (κ3) is 1.94. The van der Waals surface area contributed by atoms with E-state index in [4.69, 9.17) is 0 Å². The fraction of sp³-hybridized carbons (Fsp3) is 0. The van der Waals surface area contributed by atoms with E-state index in [-0.39, 0.29) is 0 Å². The van der Waals surface area contributed by atoms with E-state index in [1.807, 2.05) is 0 Å². The van der Waals surface area contributed by atoms with E-state index in [0.717, 1.165) is 0 Å². The van der Waals surface area contributed by atoms with Crippen LogP contribution < -0.4 is 0 Å². The molecule has 0 heterocycles. The molecule has 7 heteroatoms. The lowest BCUT2D eigenvalue weighted by Crippen LogP contribution is -2.02. The maximum atomic E-state index is 12.7. The van der Waals surface area contributed by atoms with E-state index in [1.165, 1.54) is 0 Å². The van der Waals surface area contributed by atoms with Gasteiger partial charge in [0.25, 0.3) is 9.05 Å². The average Bonchev–Trinajstić information content (AvgIpc) is 1.95. The van der Waals surface area contributed by atoms with Crippen molar-refractivity contribution in [1.82, 2.24) is 0 Å². The minimum absolute atomic E-state index is 0.468. The summed E-state index contributed by atoms with van der Waals surface area (Å²) in [6, 6.07) is 0.948. The standard InChI is InChI=1S/C6H2ClF3O2S/c7-13(11,12)6-4(9)2-1-3(8)5(6)10/h1-2H. The van der Waals surface area contributed by atoms with E-state index in [9.17, 15) is 21.6 Å². The van der Waals surface area contributed by atoms with Gasteiger partial charge >= 0.3 is 0 Å². The molecule has 1 aromatic rings. The maximum Gasteiger partial charge on any atom is 0.267 e. The number of benzene rings is 1. The summed E-state index contributed by atoms with van der Waals surface area (Å²) in [4.78, 5) is -1.46. The van der Waals surface area contributed by atoms with Gasteiger partial charge < -0.3 is 0 Å². The fourth-order valence-corrected chi connectivity index (χ4v) is 1.77. The summed E-state index contributed by atoms with van der Waals surface area (Å²) in [6.07, 6.45) is 0. The Kier molecular flexibility index (Phi) is 2.53. The van der Waals surface area contributed by atoms with Crippen LogP contribution in [-0.2, 0) is 9.05 Å². The quantitative estimate of drug-likeness (QED) is 0.547. The fourth-order valence-electron chi connectivity index (χ4n) is 0.732. The molecule has 1 aromatic carbocycles. The molecule has 2 nitrogen and oxygen atoms in total. The molecule has 1 rings (SSSR count). The zero-order valence-corrected chi connectivity index (χ0v) is 7.46. The van der Waals surface area contributed by atoms with Crippen molar-refractivity contribution in [3.63, 3.8) is 0 Å². The molecule has 0 fully saturated rings. The van der Waals surface area contributed by atoms with Crippen LogP contribution in [-0.4, -0.2) is 8.42 Å². The molecular weight excluding hydrogens is 229 g/mol. The normalized spacial score (nSPS) is 11.7. The van der Waals surface area contributed by atoms with Crippen molar-refractivity contribution >= 4 is 19.7 Å². The molecule has 0 radical (unpaired) electrons. The van der Waals surface area contributed by atoms with Gasteiger partial charge in [0.2, 0.25) is 0 Å². The summed E-state index contributed by atoms with van der Waals surface area (Å²) in [7, 11) is 0.0622. The molecule has 0 aliphatic heterocycles. The van der Waals surface area contributed by atoms with Crippen molar-refractivity contribution in [2.45, 2.75) is 4.90 Å². The van der Waals surface area contributed by atoms with Crippen LogP contribution in [0.15, 0.2) is 17.0 Å². The zero-order valence-electron chi connectivity index (χ0n) is 5.89. The first-order valence-electron chi connectivity index (χ1n) is 2.92. The van der Waals surface area contributed by atoms with Gasteiger partial charge in [0.15, 0.2) is 16.5 Å². The Hall–Kier alpha value is -0.750. The van der Waals surface area contributed by atoms with Crippen LogP contribution in [0.3, 0.4) is 0 Å². The van der Waals surface area contributed by atoms with E-state index in [0.29, 0.717) is 12.1 Å². The summed E-state index contributed by atoms with van der Waals surface area (Å²) in [5, 5.41) is 0. The first-order chi connectivity index (χ1) is 5.84. The number of rotatable bonds is 1. The Balaban J connectivity index is 3.62. The van der Waals surface area contributed by atoms with Crippen LogP contribution in [0.5, 0.6) is 0 Å². The Morgan fingerprint density at radius 1 is 1.08 bits per heavy atom. The number of hydrogen-bond acceptors (Lipinski definition) is 2. The highest BCUT2D eigenvalue weighted by Gasteiger charge is 2.24. The van der Waals surface area contributed by atoms with Crippen LogP contribution in [0.25, 0.3) is 0 Å². The third-order valence-corrected chi connectivity index (χ3v) is 2.57. The molecule has 0 spiro atoms. The highest BCUT2D eigenvalue weighted by molar-refractivity contribution is 8.13. The second-order valence-electron chi connectivity index (χ2n) is 2.11. The molecule has 13 heavy (non-hydrogen) atoms. The second-order valence-corrected chi connectivity index (χ2v) is 4.61. The van der Waals surface area contributed by atoms with Crippen molar-refractivity contribution in [3.8, 4) is 0 Å². The van der Waals surface area contributed by atoms with Crippen LogP contribution >= 0.6 is 10.7 Å². The van der Waals surface area contributed by atoms with Gasteiger partial charge in [-0.05, 0) is 12.1 Å². The van der Waals surface area contributed by atoms with Crippen LogP contribution in [0.4, 0.5) is 13.2 Å². The molecule has 0 aliphatic rings. The lowest BCUT2D eigenvalue weighted by molar-refractivity contribution is 0.460. The van der Waals surface area contributed by atoms with E-state index >= 15 is 0 Å². The van der Waals surface area contributed by atoms with Crippen LogP contribution in [0, 0.1) is 17.5 Å². The minimum Gasteiger partial charge on any atom is -0.207 e. The predicted molar refractivity (Wildman–Crippen MR) is 39.4 cm³/mol. The monoisotopic (exact) mass is 230 g/mol. The van der Waals surface area contributed by atoms with Crippen LogP contribution in [0.2, 0.25) is 0 Å². The molecule has 0 saturated carbocycles. The average molecular weight is 231 g/mol. The lowest BCUT2D eigenvalue weighted by atomic mass is 10.3. The Morgan fingerprint density at radius 2 is 1.54 bits per heavy atom. The molecule has 0 aliphatic carbocycles. The van der Waals surface area contributed by atoms with Crippen molar-refractivity contribution in [2.75, 3.05) is 0 Å². The Morgan fingerprint density at radius 3 is 1.92 bits per heavy atom. The van der Waals surface area contributed by atoms with E-state index < -0.39 is 31.4 Å². The predicted octanol–water partition coefficient (Wildman–Crippen LogP) is 2.03. The van der Waals surface area contributed by atoms with Gasteiger partial charge in [0.05, 0.1) is 0 Å². The highest BCUT2D eigenvalue weighted by atomic mass is 35.7. The zero-order chi connectivity index (χ0) is 10.2. The largest absolute Gasteiger partial charge is 0.267 e. The third-order valence-electron chi connectivity index (χ3n) is 1.25. The van der Waals surface area contributed by atoms with Gasteiger partial charge in [0.1, 0.15) is 5.82 Å². The minimum atomic E-state index is -4.60. The van der Waals surface area contributed by atoms with Gasteiger partial charge in [-0.25, -0.2) is 21.6 Å². The first kappa shape index (κ1) is 10.3. The topological polar surface area (TPSA) is 34.1 Å².